The molecule has 0 bridgehead atoms. The smallest absolute Gasteiger partial charge is 0.349 e. The van der Waals surface area contributed by atoms with Crippen molar-refractivity contribution < 1.29 is 33.7 Å². The highest BCUT2D eigenvalue weighted by atomic mass is 35.5. The number of carbonyl (C=O) groups is 2. The highest BCUT2D eigenvalue weighted by molar-refractivity contribution is 7.12. The number of rotatable bonds is 17. The number of esters is 1. The number of anilines is 1. The number of halogens is 1. The lowest BCUT2D eigenvalue weighted by Crippen LogP contribution is -2.43. The molecule has 61 heavy (non-hydrogen) atoms. The molecule has 1 aliphatic carbocycles. The molecular weight excluding hydrogens is 852 g/mol. The molecule has 3 aromatic heterocycles. The van der Waals surface area contributed by atoms with E-state index in [-0.39, 0.29) is 40.8 Å². The first kappa shape index (κ1) is 46.4. The van der Waals surface area contributed by atoms with Gasteiger partial charge in [0.2, 0.25) is 17.1 Å². The molecule has 12 nitrogen and oxygen atoms in total. The molecule has 3 heterocycles. The number of amides is 1. The second kappa shape index (κ2) is 19.5. The number of methoxy groups -OCH3 is 1. The molecule has 0 saturated heterocycles. The van der Waals surface area contributed by atoms with Crippen LogP contribution in [0.2, 0.25) is 23.2 Å². The van der Waals surface area contributed by atoms with E-state index in [2.05, 4.69) is 54.4 Å². The van der Waals surface area contributed by atoms with Gasteiger partial charge in [-0.25, -0.2) is 4.79 Å². The molecule has 328 valence electrons. The number of aliphatic hydroxyl groups is 1. The summed E-state index contributed by atoms with van der Waals surface area (Å²) in [6.07, 6.45) is 2.45. The van der Waals surface area contributed by atoms with Crippen LogP contribution in [-0.4, -0.2) is 79.7 Å². The van der Waals surface area contributed by atoms with E-state index >= 15 is 0 Å². The van der Waals surface area contributed by atoms with E-state index in [9.17, 15) is 24.6 Å². The number of nitrogens with zero attached hydrogens (tertiary/aromatic N) is 1. The van der Waals surface area contributed by atoms with E-state index in [1.54, 1.807) is 43.5 Å². The Bertz CT molecular complexity index is 2310. The van der Waals surface area contributed by atoms with Crippen LogP contribution in [0.15, 0.2) is 76.2 Å². The molecule has 1 aliphatic rings. The normalized spacial score (nSPS) is 16.8. The summed E-state index contributed by atoms with van der Waals surface area (Å²) in [6.45, 7) is 12.2. The zero-order chi connectivity index (χ0) is 44.1. The molecule has 0 radical (unpaired) electrons. The Labute approximate surface area is 371 Å². The van der Waals surface area contributed by atoms with Crippen molar-refractivity contribution in [2.75, 3.05) is 32.6 Å². The van der Waals surface area contributed by atoms with Crippen LogP contribution >= 0.6 is 34.3 Å². The van der Waals surface area contributed by atoms with Gasteiger partial charge in [0, 0.05) is 55.2 Å². The Morgan fingerprint density at radius 3 is 2.30 bits per heavy atom. The highest BCUT2D eigenvalue weighted by Gasteiger charge is 2.45. The number of aromatic hydroxyl groups is 1. The Morgan fingerprint density at radius 1 is 1.02 bits per heavy atom. The summed E-state index contributed by atoms with van der Waals surface area (Å²) in [6, 6.07) is 17.5. The third-order valence-electron chi connectivity index (χ3n) is 12.1. The molecule has 1 unspecified atom stereocenters. The van der Waals surface area contributed by atoms with Crippen molar-refractivity contribution in [3.63, 3.8) is 0 Å². The van der Waals surface area contributed by atoms with E-state index in [1.165, 1.54) is 28.7 Å². The van der Waals surface area contributed by atoms with Gasteiger partial charge in [0.15, 0.2) is 8.32 Å². The lowest BCUT2D eigenvalue weighted by atomic mass is 9.91. The number of phenolic OH excluding ortho intramolecular Hbond substituents is 1. The van der Waals surface area contributed by atoms with Gasteiger partial charge in [0.1, 0.15) is 17.6 Å². The molecule has 2 aromatic carbocycles. The number of fused-ring (bicyclic) bond motifs is 1. The molecule has 5 N–H and O–H groups in total. The summed E-state index contributed by atoms with van der Waals surface area (Å²) in [4.78, 5) is 44.8. The number of pyridine rings is 1. The van der Waals surface area contributed by atoms with E-state index in [0.717, 1.165) is 24.0 Å². The standard InChI is InChI=1S/C45H57ClN4O8S2Si/c1-44(2,3)61(6,7)58-37(31-16-18-35(51)42-32(31)17-19-40(52)49-42)27-47-26-28-24-33(46)34(25-36(28)56-5)48-41(53)20-21-50(4)29-12-14-30(15-13-29)57-43(54)45(55,38-10-8-22-59-38)39-11-9-23-60-39/h8-11,16-19,22-25,29-30,37,47,51,55H,12-15,20-21,26-27H2,1-7H3,(H,48,53)(H,49,52). The number of thiophene rings is 2. The lowest BCUT2D eigenvalue weighted by molar-refractivity contribution is -0.169. The van der Waals surface area contributed by atoms with E-state index in [4.69, 9.17) is 25.5 Å². The number of phenols is 1. The SMILES string of the molecule is COc1cc(NC(=O)CCN(C)C2CCC(OC(=O)C(O)(c3cccs3)c3cccs3)CC2)c(Cl)cc1CNCC(O[Si](C)(C)C(C)(C)C)c1ccc(O)c2[nH]c(=O)ccc12. The van der Waals surface area contributed by atoms with Crippen molar-refractivity contribution in [1.82, 2.24) is 15.2 Å². The number of carbonyl (C=O) groups excluding carboxylic acids is 2. The summed E-state index contributed by atoms with van der Waals surface area (Å²) in [5.74, 6) is -0.283. The first-order valence-corrected chi connectivity index (χ1v) is 25.6. The van der Waals surface area contributed by atoms with Crippen LogP contribution in [0.3, 0.4) is 0 Å². The van der Waals surface area contributed by atoms with Crippen LogP contribution in [0, 0.1) is 0 Å². The number of hydrogen-bond acceptors (Lipinski definition) is 12. The minimum absolute atomic E-state index is 0.00988. The van der Waals surface area contributed by atoms with Crippen LogP contribution in [0.4, 0.5) is 5.69 Å². The number of benzene rings is 2. The van der Waals surface area contributed by atoms with Crippen molar-refractivity contribution in [2.24, 2.45) is 0 Å². The molecule has 1 saturated carbocycles. The largest absolute Gasteiger partial charge is 0.506 e. The topological polar surface area (TPSA) is 162 Å². The first-order chi connectivity index (χ1) is 28.9. The lowest BCUT2D eigenvalue weighted by Gasteiger charge is -2.39. The Hall–Kier alpha value is -4.06. The molecule has 1 fully saturated rings. The van der Waals surface area contributed by atoms with Crippen LogP contribution < -0.4 is 20.9 Å². The third kappa shape index (κ3) is 10.8. The van der Waals surface area contributed by atoms with E-state index < -0.39 is 26.0 Å². The molecule has 0 aliphatic heterocycles. The van der Waals surface area contributed by atoms with E-state index in [1.807, 2.05) is 36.0 Å². The first-order valence-electron chi connectivity index (χ1n) is 20.5. The van der Waals surface area contributed by atoms with Gasteiger partial charge in [0.25, 0.3) is 0 Å². The fourth-order valence-electron chi connectivity index (χ4n) is 7.45. The summed E-state index contributed by atoms with van der Waals surface area (Å²) < 4.78 is 18.6. The Morgan fingerprint density at radius 2 is 1.69 bits per heavy atom. The van der Waals surface area contributed by atoms with Gasteiger partial charge in [-0.2, -0.15) is 0 Å². The predicted molar refractivity (Wildman–Crippen MR) is 247 cm³/mol. The van der Waals surface area contributed by atoms with Crippen LogP contribution in [0.5, 0.6) is 11.5 Å². The molecule has 6 rings (SSSR count). The Balaban J connectivity index is 1.02. The summed E-state index contributed by atoms with van der Waals surface area (Å²) in [5.41, 5.74) is 0.324. The second-order valence-corrected chi connectivity index (χ2v) is 24.3. The molecule has 5 aromatic rings. The van der Waals surface area contributed by atoms with Gasteiger partial charge in [-0.3, -0.25) is 9.59 Å². The maximum atomic E-state index is 13.4. The van der Waals surface area contributed by atoms with Crippen LogP contribution in [-0.2, 0) is 30.9 Å². The zero-order valence-corrected chi connectivity index (χ0v) is 39.2. The fourth-order valence-corrected chi connectivity index (χ4v) is 10.7. The summed E-state index contributed by atoms with van der Waals surface area (Å²) in [7, 11) is 1.29. The van der Waals surface area contributed by atoms with Gasteiger partial charge in [-0.05, 0) is 97.5 Å². The molecule has 1 atom stereocenters. The second-order valence-electron chi connectivity index (χ2n) is 17.2. The fraction of sp³-hybridized carbons (Fsp3) is 0.444. The minimum Gasteiger partial charge on any atom is -0.506 e. The van der Waals surface area contributed by atoms with Crippen molar-refractivity contribution in [2.45, 2.75) is 101 Å². The summed E-state index contributed by atoms with van der Waals surface area (Å²) in [5, 5.41) is 33.3. The maximum Gasteiger partial charge on any atom is 0.349 e. The molecule has 16 heteroatoms. The number of aromatic nitrogens is 1. The van der Waals surface area contributed by atoms with Gasteiger partial charge >= 0.3 is 5.97 Å². The van der Waals surface area contributed by atoms with Gasteiger partial charge in [0.05, 0.1) is 39.2 Å². The maximum absolute atomic E-state index is 13.4. The van der Waals surface area contributed by atoms with Crippen LogP contribution in [0.1, 0.15) is 79.9 Å². The van der Waals surface area contributed by atoms with E-state index in [0.29, 0.717) is 69.6 Å². The average molecular weight is 910 g/mol. The monoisotopic (exact) mass is 908 g/mol. The molecular formula is C45H57ClN4O8S2Si. The van der Waals surface area contributed by atoms with Crippen molar-refractivity contribution >= 4 is 71.1 Å². The quantitative estimate of drug-likeness (QED) is 0.0450. The average Bonchev–Trinajstić information content (AvgIpc) is 3.97. The minimum atomic E-state index is -2.28. The number of hydrogen-bond donors (Lipinski definition) is 5. The highest BCUT2D eigenvalue weighted by Crippen LogP contribution is 2.42. The summed E-state index contributed by atoms with van der Waals surface area (Å²) >= 11 is 9.41. The Kier molecular flexibility index (Phi) is 14.9. The molecule has 0 spiro atoms. The van der Waals surface area contributed by atoms with Gasteiger partial charge in [-0.1, -0.05) is 50.6 Å². The number of ether oxygens (including phenoxy) is 2. The number of aromatic amines is 1. The number of H-pyrrole nitrogens is 1. The van der Waals surface area contributed by atoms with Gasteiger partial charge in [-0.15, -0.1) is 22.7 Å². The third-order valence-corrected chi connectivity index (χ3v) is 18.8. The molecule has 1 amide bonds. The van der Waals surface area contributed by atoms with Crippen molar-refractivity contribution in [3.8, 4) is 11.5 Å². The van der Waals surface area contributed by atoms with Crippen LogP contribution in [0.25, 0.3) is 10.9 Å². The van der Waals surface area contributed by atoms with Gasteiger partial charge < -0.3 is 44.6 Å². The zero-order valence-electron chi connectivity index (χ0n) is 35.8. The van der Waals surface area contributed by atoms with Crippen molar-refractivity contribution in [3.05, 3.63) is 108 Å². The predicted octanol–water partition coefficient (Wildman–Crippen LogP) is 8.92. The number of nitrogens with one attached hydrogen (secondary N) is 3. The van der Waals surface area contributed by atoms with Crippen molar-refractivity contribution in [1.29, 1.82) is 0 Å².